The Bertz CT molecular complexity index is 898. The Hall–Kier alpha value is -2.94. The van der Waals surface area contributed by atoms with Crippen LogP contribution in [-0.4, -0.2) is 57.6 Å². The minimum atomic E-state index is -0.434. The molecule has 0 spiro atoms. The molecule has 0 radical (unpaired) electrons. The average Bonchev–Trinajstić information content (AvgIpc) is 3.36. The highest BCUT2D eigenvalue weighted by Crippen LogP contribution is 2.19. The zero-order valence-electron chi connectivity index (χ0n) is 17.2. The van der Waals surface area contributed by atoms with Gasteiger partial charge in [-0.25, -0.2) is 9.48 Å². The van der Waals surface area contributed by atoms with Crippen molar-refractivity contribution in [2.75, 3.05) is 19.6 Å². The molecule has 2 aromatic rings. The molecule has 2 atom stereocenters. The zero-order chi connectivity index (χ0) is 20.9. The monoisotopic (exact) mass is 412 g/mol. The molecule has 1 aromatic carbocycles. The number of hydrogen-bond donors (Lipinski definition) is 2. The first-order chi connectivity index (χ1) is 14.6. The van der Waals surface area contributed by atoms with E-state index >= 15 is 0 Å². The van der Waals surface area contributed by atoms with Gasteiger partial charge in [0.15, 0.2) is 5.69 Å². The number of carbonyl (C=O) groups excluding carboxylic acids is 2. The summed E-state index contributed by atoms with van der Waals surface area (Å²) < 4.78 is 6.60. The van der Waals surface area contributed by atoms with Gasteiger partial charge >= 0.3 is 6.09 Å². The fraction of sp³-hybridized carbons (Fsp3) is 0.524. The summed E-state index contributed by atoms with van der Waals surface area (Å²) in [5.41, 5.74) is 2.60. The lowest BCUT2D eigenvalue weighted by molar-refractivity contribution is 0.0945. The molecule has 2 amide bonds. The van der Waals surface area contributed by atoms with Gasteiger partial charge in [-0.05, 0) is 36.4 Å². The predicted molar refractivity (Wildman–Crippen MR) is 110 cm³/mol. The quantitative estimate of drug-likeness (QED) is 0.716. The van der Waals surface area contributed by atoms with Crippen molar-refractivity contribution in [1.29, 1.82) is 0 Å². The van der Waals surface area contributed by atoms with Crippen LogP contribution in [-0.2, 0) is 24.4 Å². The van der Waals surface area contributed by atoms with E-state index in [2.05, 4.69) is 44.9 Å². The molecular weight excluding hydrogens is 384 g/mol. The summed E-state index contributed by atoms with van der Waals surface area (Å²) in [5.74, 6) is 0.459. The number of benzene rings is 1. The molecule has 160 valence electrons. The molecule has 2 saturated heterocycles. The van der Waals surface area contributed by atoms with E-state index in [1.54, 1.807) is 6.20 Å². The van der Waals surface area contributed by atoms with Crippen molar-refractivity contribution in [2.45, 2.75) is 45.5 Å². The standard InChI is InChI=1S/C21H28N6O3/c1-15-5-4-8-26(11-15)12-17-7-3-2-6-16(17)9-22-20(28)19-14-27(25-24-19)13-18-10-23-21(29)30-18/h2-3,6-7,14-15,18H,4-5,8-13H2,1H3,(H,22,28)(H,23,29). The van der Waals surface area contributed by atoms with Crippen LogP contribution in [0.3, 0.4) is 0 Å². The number of carbonyl (C=O) groups is 2. The van der Waals surface area contributed by atoms with Gasteiger partial charge in [-0.1, -0.05) is 36.4 Å². The maximum absolute atomic E-state index is 12.5. The highest BCUT2D eigenvalue weighted by atomic mass is 16.6. The maximum atomic E-state index is 12.5. The van der Waals surface area contributed by atoms with Gasteiger partial charge in [-0.2, -0.15) is 0 Å². The molecule has 2 aliphatic rings. The molecule has 3 heterocycles. The molecule has 9 heteroatoms. The number of rotatable bonds is 7. The van der Waals surface area contributed by atoms with Crippen molar-refractivity contribution < 1.29 is 14.3 Å². The fourth-order valence-electron chi connectivity index (χ4n) is 4.06. The Labute approximate surface area is 175 Å². The molecular formula is C21H28N6O3. The molecule has 0 saturated carbocycles. The minimum absolute atomic E-state index is 0.245. The van der Waals surface area contributed by atoms with E-state index in [9.17, 15) is 9.59 Å². The first kappa shape index (κ1) is 20.3. The molecule has 2 N–H and O–H groups in total. The summed E-state index contributed by atoms with van der Waals surface area (Å²) in [5, 5.41) is 13.4. The number of aromatic nitrogens is 3. The first-order valence-electron chi connectivity index (χ1n) is 10.5. The van der Waals surface area contributed by atoms with Gasteiger partial charge in [-0.3, -0.25) is 9.69 Å². The van der Waals surface area contributed by atoms with Gasteiger partial charge in [-0.15, -0.1) is 5.10 Å². The summed E-state index contributed by atoms with van der Waals surface area (Å²) in [4.78, 5) is 26.1. The average molecular weight is 412 g/mol. The molecule has 2 unspecified atom stereocenters. The third-order valence-corrected chi connectivity index (χ3v) is 5.60. The second-order valence-electron chi connectivity index (χ2n) is 8.17. The van der Waals surface area contributed by atoms with Crippen LogP contribution in [0, 0.1) is 5.92 Å². The second-order valence-corrected chi connectivity index (χ2v) is 8.17. The summed E-state index contributed by atoms with van der Waals surface area (Å²) in [6.45, 7) is 6.67. The van der Waals surface area contributed by atoms with Crippen LogP contribution >= 0.6 is 0 Å². The first-order valence-corrected chi connectivity index (χ1v) is 10.5. The summed E-state index contributed by atoms with van der Waals surface area (Å²) in [6.07, 6.45) is 3.37. The lowest BCUT2D eigenvalue weighted by Gasteiger charge is -2.31. The highest BCUT2D eigenvalue weighted by Gasteiger charge is 2.24. The van der Waals surface area contributed by atoms with Crippen molar-refractivity contribution in [2.24, 2.45) is 5.92 Å². The molecule has 30 heavy (non-hydrogen) atoms. The third kappa shape index (κ3) is 5.15. The molecule has 2 fully saturated rings. The SMILES string of the molecule is CC1CCCN(Cc2ccccc2CNC(=O)c2cn(CC3CNC(=O)O3)nn2)C1. The molecule has 2 aliphatic heterocycles. The van der Waals surface area contributed by atoms with E-state index in [0.717, 1.165) is 31.1 Å². The van der Waals surface area contributed by atoms with Crippen molar-refractivity contribution in [1.82, 2.24) is 30.5 Å². The van der Waals surface area contributed by atoms with Crippen molar-refractivity contribution in [3.8, 4) is 0 Å². The number of nitrogens with one attached hydrogen (secondary N) is 2. The summed E-state index contributed by atoms with van der Waals surface area (Å²) >= 11 is 0. The summed E-state index contributed by atoms with van der Waals surface area (Å²) in [6, 6.07) is 8.23. The number of likely N-dealkylation sites (tertiary alicyclic amines) is 1. The smallest absolute Gasteiger partial charge is 0.407 e. The van der Waals surface area contributed by atoms with Crippen LogP contribution in [0.5, 0.6) is 0 Å². The van der Waals surface area contributed by atoms with Gasteiger partial charge in [0, 0.05) is 19.6 Å². The van der Waals surface area contributed by atoms with Crippen molar-refractivity contribution in [3.63, 3.8) is 0 Å². The lowest BCUT2D eigenvalue weighted by atomic mass is 9.99. The van der Waals surface area contributed by atoms with Gasteiger partial charge in [0.1, 0.15) is 6.10 Å². The minimum Gasteiger partial charge on any atom is -0.442 e. The van der Waals surface area contributed by atoms with E-state index in [-0.39, 0.29) is 17.7 Å². The van der Waals surface area contributed by atoms with E-state index in [0.29, 0.717) is 19.6 Å². The highest BCUT2D eigenvalue weighted by molar-refractivity contribution is 5.91. The van der Waals surface area contributed by atoms with E-state index < -0.39 is 6.09 Å². The number of hydrogen-bond acceptors (Lipinski definition) is 6. The van der Waals surface area contributed by atoms with E-state index in [1.807, 2.05) is 12.1 Å². The predicted octanol–water partition coefficient (Wildman–Crippen LogP) is 1.55. The van der Waals surface area contributed by atoms with E-state index in [4.69, 9.17) is 4.74 Å². The van der Waals surface area contributed by atoms with Gasteiger partial charge < -0.3 is 15.4 Å². The van der Waals surface area contributed by atoms with Crippen LogP contribution in [0.2, 0.25) is 0 Å². The molecule has 1 aromatic heterocycles. The number of alkyl carbamates (subject to hydrolysis) is 1. The van der Waals surface area contributed by atoms with Crippen LogP contribution in [0.15, 0.2) is 30.5 Å². The Balaban J connectivity index is 1.32. The van der Waals surface area contributed by atoms with E-state index in [1.165, 1.54) is 23.1 Å². The Morgan fingerprint density at radius 2 is 2.17 bits per heavy atom. The van der Waals surface area contributed by atoms with Gasteiger partial charge in [0.2, 0.25) is 0 Å². The number of amides is 2. The lowest BCUT2D eigenvalue weighted by Crippen LogP contribution is -2.34. The van der Waals surface area contributed by atoms with Crippen LogP contribution in [0.25, 0.3) is 0 Å². The largest absolute Gasteiger partial charge is 0.442 e. The van der Waals surface area contributed by atoms with Crippen LogP contribution < -0.4 is 10.6 Å². The van der Waals surface area contributed by atoms with Crippen molar-refractivity contribution >= 4 is 12.0 Å². The van der Waals surface area contributed by atoms with Crippen molar-refractivity contribution in [3.05, 3.63) is 47.3 Å². The maximum Gasteiger partial charge on any atom is 0.407 e. The Morgan fingerprint density at radius 3 is 2.93 bits per heavy atom. The second kappa shape index (κ2) is 9.25. The normalized spacial score (nSPS) is 21.8. The third-order valence-electron chi connectivity index (χ3n) is 5.60. The number of cyclic esters (lactones) is 1. The van der Waals surface area contributed by atoms with Crippen LogP contribution in [0.4, 0.5) is 4.79 Å². The number of ether oxygens (including phenoxy) is 1. The number of nitrogens with zero attached hydrogens (tertiary/aromatic N) is 4. The number of piperidine rings is 1. The topological polar surface area (TPSA) is 101 Å². The molecule has 9 nitrogen and oxygen atoms in total. The Morgan fingerprint density at radius 1 is 1.33 bits per heavy atom. The molecule has 4 rings (SSSR count). The molecule has 0 bridgehead atoms. The van der Waals surface area contributed by atoms with Gasteiger partial charge in [0.25, 0.3) is 5.91 Å². The van der Waals surface area contributed by atoms with Gasteiger partial charge in [0.05, 0.1) is 19.3 Å². The zero-order valence-corrected chi connectivity index (χ0v) is 17.2. The fourth-order valence-corrected chi connectivity index (χ4v) is 4.06. The summed E-state index contributed by atoms with van der Waals surface area (Å²) in [7, 11) is 0. The van der Waals surface area contributed by atoms with Crippen LogP contribution in [0.1, 0.15) is 41.4 Å². The Kier molecular flexibility index (Phi) is 6.27. The molecule has 0 aliphatic carbocycles.